The number of pyridine rings is 2. The topological polar surface area (TPSA) is 70.2 Å². The van der Waals surface area contributed by atoms with Crippen molar-refractivity contribution in [2.75, 3.05) is 31.1 Å². The van der Waals surface area contributed by atoms with Crippen molar-refractivity contribution in [1.29, 1.82) is 0 Å². The van der Waals surface area contributed by atoms with Gasteiger partial charge < -0.3 is 15.5 Å². The number of piperazine rings is 1. The summed E-state index contributed by atoms with van der Waals surface area (Å²) in [6, 6.07) is 22.1. The van der Waals surface area contributed by atoms with E-state index in [-0.39, 0.29) is 11.9 Å². The fourth-order valence-electron chi connectivity index (χ4n) is 3.53. The number of aromatic nitrogens is 2. The van der Waals surface area contributed by atoms with Crippen LogP contribution in [0.1, 0.15) is 27.8 Å². The highest BCUT2D eigenvalue weighted by atomic mass is 16.1. The average Bonchev–Trinajstić information content (AvgIpc) is 2.80. The van der Waals surface area contributed by atoms with E-state index in [1.54, 1.807) is 12.3 Å². The number of nitrogens with one attached hydrogen (secondary N) is 2. The molecule has 1 aliphatic heterocycles. The molecule has 3 heterocycles. The van der Waals surface area contributed by atoms with E-state index in [1.165, 1.54) is 5.56 Å². The Labute approximate surface area is 171 Å². The van der Waals surface area contributed by atoms with Crippen molar-refractivity contribution in [3.05, 3.63) is 89.9 Å². The second-order valence-electron chi connectivity index (χ2n) is 7.07. The van der Waals surface area contributed by atoms with Crippen LogP contribution < -0.4 is 15.5 Å². The SMILES string of the molecule is O=C(NCCc1ccccn1)c1cccc(N2CCN[C@H](c3ccccc3)C2)n1. The molecule has 4 rings (SSSR count). The van der Waals surface area contributed by atoms with Gasteiger partial charge >= 0.3 is 0 Å². The highest BCUT2D eigenvalue weighted by molar-refractivity contribution is 5.92. The molecule has 1 aliphatic rings. The van der Waals surface area contributed by atoms with Crippen LogP contribution >= 0.6 is 0 Å². The van der Waals surface area contributed by atoms with E-state index in [1.807, 2.05) is 36.4 Å². The number of hydrogen-bond acceptors (Lipinski definition) is 5. The van der Waals surface area contributed by atoms with Gasteiger partial charge in [-0.25, -0.2) is 4.98 Å². The molecule has 1 fully saturated rings. The van der Waals surface area contributed by atoms with Crippen molar-refractivity contribution in [1.82, 2.24) is 20.6 Å². The maximum atomic E-state index is 12.5. The zero-order valence-electron chi connectivity index (χ0n) is 16.3. The Morgan fingerprint density at radius 1 is 1.07 bits per heavy atom. The summed E-state index contributed by atoms with van der Waals surface area (Å²) in [4.78, 5) is 23.7. The highest BCUT2D eigenvalue weighted by Gasteiger charge is 2.22. The molecule has 0 aliphatic carbocycles. The standard InChI is InChI=1S/C23H25N5O/c29-23(26-14-12-19-9-4-5-13-24-19)20-10-6-11-22(27-20)28-16-15-25-21(17-28)18-7-2-1-3-8-18/h1-11,13,21,25H,12,14-17H2,(H,26,29)/t21-/m0/s1. The number of amides is 1. The number of carbonyl (C=O) groups is 1. The molecule has 1 saturated heterocycles. The largest absolute Gasteiger partial charge is 0.353 e. The highest BCUT2D eigenvalue weighted by Crippen LogP contribution is 2.21. The van der Waals surface area contributed by atoms with Gasteiger partial charge in [-0.05, 0) is 29.8 Å². The van der Waals surface area contributed by atoms with Crippen LogP contribution in [-0.4, -0.2) is 42.1 Å². The van der Waals surface area contributed by atoms with Crippen molar-refractivity contribution in [2.45, 2.75) is 12.5 Å². The monoisotopic (exact) mass is 387 g/mol. The summed E-state index contributed by atoms with van der Waals surface area (Å²) < 4.78 is 0. The molecule has 1 atom stereocenters. The summed E-state index contributed by atoms with van der Waals surface area (Å²) >= 11 is 0. The van der Waals surface area contributed by atoms with Gasteiger partial charge in [0.1, 0.15) is 11.5 Å². The summed E-state index contributed by atoms with van der Waals surface area (Å²) in [6.45, 7) is 3.09. The van der Waals surface area contributed by atoms with E-state index < -0.39 is 0 Å². The minimum absolute atomic E-state index is 0.155. The lowest BCUT2D eigenvalue weighted by Crippen LogP contribution is -2.46. The lowest BCUT2D eigenvalue weighted by atomic mass is 10.0. The van der Waals surface area contributed by atoms with Crippen LogP contribution in [0.4, 0.5) is 5.82 Å². The van der Waals surface area contributed by atoms with E-state index in [4.69, 9.17) is 0 Å². The Balaban J connectivity index is 1.38. The van der Waals surface area contributed by atoms with Crippen LogP contribution in [0.15, 0.2) is 72.9 Å². The Hall–Kier alpha value is -3.25. The summed E-state index contributed by atoms with van der Waals surface area (Å²) in [6.07, 6.45) is 2.46. The summed E-state index contributed by atoms with van der Waals surface area (Å²) in [5, 5.41) is 6.50. The number of carbonyl (C=O) groups excluding carboxylic acids is 1. The molecule has 148 valence electrons. The fourth-order valence-corrected chi connectivity index (χ4v) is 3.53. The number of hydrogen-bond donors (Lipinski definition) is 2. The molecule has 3 aromatic rings. The van der Waals surface area contributed by atoms with E-state index in [2.05, 4.69) is 49.8 Å². The van der Waals surface area contributed by atoms with Crippen molar-refractivity contribution in [3.63, 3.8) is 0 Å². The first-order valence-corrected chi connectivity index (χ1v) is 9.98. The maximum Gasteiger partial charge on any atom is 0.269 e. The summed E-state index contributed by atoms with van der Waals surface area (Å²) in [5.41, 5.74) is 2.67. The molecular formula is C23H25N5O. The summed E-state index contributed by atoms with van der Waals surface area (Å²) in [7, 11) is 0. The first-order chi connectivity index (χ1) is 14.3. The summed E-state index contributed by atoms with van der Waals surface area (Å²) in [5.74, 6) is 0.683. The van der Waals surface area contributed by atoms with Crippen molar-refractivity contribution < 1.29 is 4.79 Å². The molecule has 6 nitrogen and oxygen atoms in total. The van der Waals surface area contributed by atoms with Gasteiger partial charge in [0, 0.05) is 50.5 Å². The smallest absolute Gasteiger partial charge is 0.269 e. The molecule has 29 heavy (non-hydrogen) atoms. The third kappa shape index (κ3) is 4.97. The molecule has 0 spiro atoms. The molecule has 0 unspecified atom stereocenters. The predicted octanol–water partition coefficient (Wildman–Crippen LogP) is 2.60. The van der Waals surface area contributed by atoms with E-state index in [9.17, 15) is 4.79 Å². The van der Waals surface area contributed by atoms with E-state index >= 15 is 0 Å². The van der Waals surface area contributed by atoms with Gasteiger partial charge in [0.25, 0.3) is 5.91 Å². The van der Waals surface area contributed by atoms with Gasteiger partial charge in [0.2, 0.25) is 0 Å². The number of anilines is 1. The van der Waals surface area contributed by atoms with Crippen molar-refractivity contribution >= 4 is 11.7 Å². The molecule has 0 bridgehead atoms. The molecular weight excluding hydrogens is 362 g/mol. The quantitative estimate of drug-likeness (QED) is 0.680. The van der Waals surface area contributed by atoms with Crippen molar-refractivity contribution in [2.24, 2.45) is 0 Å². The van der Waals surface area contributed by atoms with Gasteiger partial charge in [0.15, 0.2) is 0 Å². The van der Waals surface area contributed by atoms with Crippen LogP contribution in [-0.2, 0) is 6.42 Å². The fraction of sp³-hybridized carbons (Fsp3) is 0.261. The maximum absolute atomic E-state index is 12.5. The minimum atomic E-state index is -0.155. The Morgan fingerprint density at radius 2 is 1.93 bits per heavy atom. The van der Waals surface area contributed by atoms with Gasteiger partial charge in [0.05, 0.1) is 0 Å². The van der Waals surface area contributed by atoms with Crippen LogP contribution in [0.5, 0.6) is 0 Å². The molecule has 2 N–H and O–H groups in total. The van der Waals surface area contributed by atoms with Crippen LogP contribution in [0.3, 0.4) is 0 Å². The Kier molecular flexibility index (Phi) is 6.12. The van der Waals surface area contributed by atoms with E-state index in [0.717, 1.165) is 31.1 Å². The zero-order valence-corrected chi connectivity index (χ0v) is 16.3. The van der Waals surface area contributed by atoms with Gasteiger partial charge in [-0.3, -0.25) is 9.78 Å². The molecule has 0 radical (unpaired) electrons. The lowest BCUT2D eigenvalue weighted by Gasteiger charge is -2.34. The second kappa shape index (κ2) is 9.30. The van der Waals surface area contributed by atoms with E-state index in [0.29, 0.717) is 18.7 Å². The van der Waals surface area contributed by atoms with Crippen LogP contribution in [0.25, 0.3) is 0 Å². The van der Waals surface area contributed by atoms with Gasteiger partial charge in [-0.15, -0.1) is 0 Å². The van der Waals surface area contributed by atoms with Gasteiger partial charge in [-0.1, -0.05) is 42.5 Å². The molecule has 2 aromatic heterocycles. The molecule has 6 heteroatoms. The molecule has 1 aromatic carbocycles. The number of benzene rings is 1. The first-order valence-electron chi connectivity index (χ1n) is 9.98. The Morgan fingerprint density at radius 3 is 2.76 bits per heavy atom. The predicted molar refractivity (Wildman–Crippen MR) is 114 cm³/mol. The first kappa shape index (κ1) is 19.1. The third-order valence-corrected chi connectivity index (χ3v) is 5.06. The van der Waals surface area contributed by atoms with Crippen LogP contribution in [0.2, 0.25) is 0 Å². The number of rotatable bonds is 6. The third-order valence-electron chi connectivity index (χ3n) is 5.06. The van der Waals surface area contributed by atoms with Crippen LogP contribution in [0, 0.1) is 0 Å². The average molecular weight is 387 g/mol. The normalized spacial score (nSPS) is 16.4. The zero-order chi connectivity index (χ0) is 19.9. The second-order valence-corrected chi connectivity index (χ2v) is 7.07. The Bertz CT molecular complexity index is 932. The number of nitrogens with zero attached hydrogens (tertiary/aromatic N) is 3. The van der Waals surface area contributed by atoms with Crippen molar-refractivity contribution in [3.8, 4) is 0 Å². The minimum Gasteiger partial charge on any atom is -0.353 e. The van der Waals surface area contributed by atoms with Gasteiger partial charge in [-0.2, -0.15) is 0 Å². The molecule has 0 saturated carbocycles. The molecule has 1 amide bonds. The lowest BCUT2D eigenvalue weighted by molar-refractivity contribution is 0.0949.